The third-order valence-electron chi connectivity index (χ3n) is 6.31. The fraction of sp³-hybridized carbons (Fsp3) is 0.320. The Balaban J connectivity index is 1.89. The lowest BCUT2D eigenvalue weighted by Gasteiger charge is -2.39. The molecule has 4 rings (SSSR count). The molecule has 2 atom stereocenters. The van der Waals surface area contributed by atoms with Gasteiger partial charge in [-0.15, -0.1) is 0 Å². The van der Waals surface area contributed by atoms with Crippen LogP contribution in [0.4, 0.5) is 0 Å². The molecule has 0 aliphatic carbocycles. The van der Waals surface area contributed by atoms with Crippen molar-refractivity contribution in [1.29, 1.82) is 0 Å². The summed E-state index contributed by atoms with van der Waals surface area (Å²) in [6.45, 7) is 2.83. The molecule has 7 heteroatoms. The van der Waals surface area contributed by atoms with Crippen molar-refractivity contribution in [2.75, 3.05) is 20.7 Å². The molecule has 3 aromatic rings. The molecule has 0 unspecified atom stereocenters. The second-order valence-corrected chi connectivity index (χ2v) is 10.0. The predicted molar refractivity (Wildman–Crippen MR) is 125 cm³/mol. The van der Waals surface area contributed by atoms with Gasteiger partial charge in [0, 0.05) is 18.0 Å². The molecule has 0 N–H and O–H groups in total. The number of aromatic nitrogens is 1. The lowest BCUT2D eigenvalue weighted by molar-refractivity contribution is -0.135. The summed E-state index contributed by atoms with van der Waals surface area (Å²) in [6.07, 6.45) is 3.03. The molecule has 32 heavy (non-hydrogen) atoms. The van der Waals surface area contributed by atoms with Crippen LogP contribution in [0.2, 0.25) is 0 Å². The smallest absolute Gasteiger partial charge is 0.330 e. The number of rotatable bonds is 5. The monoisotopic (exact) mass is 452 g/mol. The van der Waals surface area contributed by atoms with Gasteiger partial charge in [0.05, 0.1) is 29.3 Å². The summed E-state index contributed by atoms with van der Waals surface area (Å²) in [5.41, 5.74) is 2.34. The summed E-state index contributed by atoms with van der Waals surface area (Å²) in [5, 5.41) is 0.867. The van der Waals surface area contributed by atoms with Crippen LogP contribution in [0.15, 0.2) is 77.2 Å². The van der Waals surface area contributed by atoms with E-state index >= 15 is 0 Å². The second kappa shape index (κ2) is 8.92. The minimum absolute atomic E-state index is 0.195. The second-order valence-electron chi connectivity index (χ2n) is 8.22. The number of benzene rings is 2. The average Bonchev–Trinajstić information content (AvgIpc) is 3.20. The third kappa shape index (κ3) is 3.98. The molecular formula is C25H28N2O4S. The van der Waals surface area contributed by atoms with Crippen LogP contribution in [0.25, 0.3) is 10.9 Å². The van der Waals surface area contributed by atoms with Crippen molar-refractivity contribution in [3.63, 3.8) is 0 Å². The first-order valence-electron chi connectivity index (χ1n) is 10.8. The highest BCUT2D eigenvalue weighted by molar-refractivity contribution is 7.90. The number of nitrogens with zero attached hydrogens (tertiary/aromatic N) is 2. The Morgan fingerprint density at radius 1 is 1.12 bits per heavy atom. The van der Waals surface area contributed by atoms with E-state index in [4.69, 9.17) is 4.74 Å². The minimum atomic E-state index is -3.81. The number of hydrogen-bond acceptors (Lipinski definition) is 5. The van der Waals surface area contributed by atoms with Crippen LogP contribution in [0.3, 0.4) is 0 Å². The molecule has 1 aromatic heterocycles. The lowest BCUT2D eigenvalue weighted by Crippen LogP contribution is -2.38. The summed E-state index contributed by atoms with van der Waals surface area (Å²) < 4.78 is 33.9. The largest absolute Gasteiger partial charge is 0.466 e. The molecule has 1 aliphatic rings. The van der Waals surface area contributed by atoms with E-state index in [2.05, 4.69) is 11.8 Å². The minimum Gasteiger partial charge on any atom is -0.466 e. The van der Waals surface area contributed by atoms with Crippen LogP contribution in [0, 0.1) is 5.92 Å². The number of ether oxygens (including phenoxy) is 1. The molecule has 2 heterocycles. The van der Waals surface area contributed by atoms with E-state index < -0.39 is 10.0 Å². The van der Waals surface area contributed by atoms with Gasteiger partial charge in [-0.2, -0.15) is 0 Å². The van der Waals surface area contributed by atoms with Gasteiger partial charge < -0.3 is 4.74 Å². The van der Waals surface area contributed by atoms with Gasteiger partial charge in [0.2, 0.25) is 0 Å². The molecule has 168 valence electrons. The van der Waals surface area contributed by atoms with E-state index in [-0.39, 0.29) is 22.8 Å². The van der Waals surface area contributed by atoms with Crippen LogP contribution in [0.1, 0.15) is 31.5 Å². The van der Waals surface area contributed by atoms with Gasteiger partial charge in [0.25, 0.3) is 10.0 Å². The molecule has 0 bridgehead atoms. The Hall–Kier alpha value is -2.90. The number of piperidine rings is 1. The Bertz CT molecular complexity index is 1260. The number of likely N-dealkylation sites (tertiary alicyclic amines) is 1. The fourth-order valence-electron chi connectivity index (χ4n) is 4.60. The molecule has 1 aliphatic heterocycles. The summed E-state index contributed by atoms with van der Waals surface area (Å²) in [5.74, 6) is -0.155. The molecule has 2 aromatic carbocycles. The normalized spacial score (nSPS) is 21.2. The summed E-state index contributed by atoms with van der Waals surface area (Å²) in [7, 11) is -0.426. The van der Waals surface area contributed by atoms with Crippen LogP contribution in [0.5, 0.6) is 0 Å². The van der Waals surface area contributed by atoms with Crippen LogP contribution < -0.4 is 0 Å². The van der Waals surface area contributed by atoms with Crippen molar-refractivity contribution in [2.45, 2.75) is 30.7 Å². The number of esters is 1. The van der Waals surface area contributed by atoms with Crippen molar-refractivity contribution >= 4 is 26.9 Å². The van der Waals surface area contributed by atoms with E-state index in [1.54, 1.807) is 36.4 Å². The SMILES string of the molecule is CC[C@@H]1CN(C)[C@H](c2cc3ccccc3n2S(=O)(=O)c2ccccc2)C/C1=C/C(=O)OC. The van der Waals surface area contributed by atoms with Crippen molar-refractivity contribution in [3.05, 3.63) is 78.0 Å². The highest BCUT2D eigenvalue weighted by Gasteiger charge is 2.35. The molecule has 0 amide bonds. The standard InChI is InChI=1S/C25H28N2O4S/c1-4-18-17-26(2)23(15-20(18)16-25(28)31-3)24-14-19-10-8-9-13-22(19)27(24)32(29,30)21-11-6-5-7-12-21/h5-14,16,18,23H,4,15,17H2,1-3H3/b20-16-/t18-,23+/m1/s1. The first kappa shape index (κ1) is 22.3. The Kier molecular flexibility index (Phi) is 6.22. The highest BCUT2D eigenvalue weighted by Crippen LogP contribution is 2.40. The number of fused-ring (bicyclic) bond motifs is 1. The maximum absolute atomic E-state index is 13.8. The van der Waals surface area contributed by atoms with E-state index in [1.165, 1.54) is 11.1 Å². The van der Waals surface area contributed by atoms with Gasteiger partial charge in [-0.05, 0) is 50.1 Å². The fourth-order valence-corrected chi connectivity index (χ4v) is 6.18. The van der Waals surface area contributed by atoms with E-state index in [9.17, 15) is 13.2 Å². The third-order valence-corrected chi connectivity index (χ3v) is 8.06. The van der Waals surface area contributed by atoms with Gasteiger partial charge in [-0.3, -0.25) is 4.90 Å². The molecule has 6 nitrogen and oxygen atoms in total. The van der Waals surface area contributed by atoms with Crippen molar-refractivity contribution in [2.24, 2.45) is 5.92 Å². The molecule has 1 saturated heterocycles. The average molecular weight is 453 g/mol. The molecule has 0 spiro atoms. The summed E-state index contributed by atoms with van der Waals surface area (Å²) in [4.78, 5) is 14.4. The van der Waals surface area contributed by atoms with E-state index in [1.807, 2.05) is 37.4 Å². The first-order chi connectivity index (χ1) is 15.4. The summed E-state index contributed by atoms with van der Waals surface area (Å²) in [6, 6.07) is 17.8. The summed E-state index contributed by atoms with van der Waals surface area (Å²) >= 11 is 0. The zero-order valence-electron chi connectivity index (χ0n) is 18.6. The Labute approximate surface area is 189 Å². The zero-order valence-corrected chi connectivity index (χ0v) is 19.4. The van der Waals surface area contributed by atoms with Gasteiger partial charge in [0.15, 0.2) is 0 Å². The Morgan fingerprint density at radius 2 is 1.81 bits per heavy atom. The van der Waals surface area contributed by atoms with Crippen LogP contribution in [-0.4, -0.2) is 44.0 Å². The van der Waals surface area contributed by atoms with Crippen LogP contribution in [-0.2, 0) is 19.6 Å². The number of hydrogen-bond donors (Lipinski definition) is 0. The van der Waals surface area contributed by atoms with Crippen molar-refractivity contribution < 1.29 is 17.9 Å². The topological polar surface area (TPSA) is 68.6 Å². The van der Waals surface area contributed by atoms with Crippen molar-refractivity contribution in [3.8, 4) is 0 Å². The number of methoxy groups -OCH3 is 1. The van der Waals surface area contributed by atoms with Gasteiger partial charge >= 0.3 is 5.97 Å². The molecule has 1 fully saturated rings. The first-order valence-corrected chi connectivity index (χ1v) is 12.2. The van der Waals surface area contributed by atoms with E-state index in [0.29, 0.717) is 17.6 Å². The quantitative estimate of drug-likeness (QED) is 0.424. The molecular weight excluding hydrogens is 424 g/mol. The van der Waals surface area contributed by atoms with Gasteiger partial charge in [-0.25, -0.2) is 17.2 Å². The number of para-hydroxylation sites is 1. The van der Waals surface area contributed by atoms with Crippen molar-refractivity contribution in [1.82, 2.24) is 8.87 Å². The number of carbonyl (C=O) groups excluding carboxylic acids is 1. The van der Waals surface area contributed by atoms with E-state index in [0.717, 1.165) is 23.9 Å². The maximum atomic E-state index is 13.8. The zero-order chi connectivity index (χ0) is 22.9. The predicted octanol–water partition coefficient (Wildman–Crippen LogP) is 4.38. The molecule has 0 radical (unpaired) electrons. The molecule has 0 saturated carbocycles. The van der Waals surface area contributed by atoms with Gasteiger partial charge in [0.1, 0.15) is 0 Å². The maximum Gasteiger partial charge on any atom is 0.330 e. The van der Waals surface area contributed by atoms with Gasteiger partial charge in [-0.1, -0.05) is 48.9 Å². The van der Waals surface area contributed by atoms with Crippen LogP contribution >= 0.6 is 0 Å². The highest BCUT2D eigenvalue weighted by atomic mass is 32.2. The Morgan fingerprint density at radius 3 is 2.50 bits per heavy atom. The number of carbonyl (C=O) groups is 1. The lowest BCUT2D eigenvalue weighted by atomic mass is 9.84.